The van der Waals surface area contributed by atoms with Gasteiger partial charge in [-0.15, -0.1) is 0 Å². The Morgan fingerprint density at radius 3 is 2.62 bits per heavy atom. The summed E-state index contributed by atoms with van der Waals surface area (Å²) in [7, 11) is 1.33. The molecule has 1 fully saturated rings. The largest absolute Gasteiger partial charge is 0.453 e. The second-order valence-corrected chi connectivity index (χ2v) is 10.2. The minimum Gasteiger partial charge on any atom is -0.453 e. The van der Waals surface area contributed by atoms with Crippen molar-refractivity contribution in [1.29, 1.82) is 5.26 Å². The molecule has 1 aliphatic rings. The first-order valence-corrected chi connectivity index (χ1v) is 12.7. The number of hydrogen-bond acceptors (Lipinski definition) is 8. The first kappa shape index (κ1) is 27.8. The average Bonchev–Trinajstić information content (AvgIpc) is 3.35. The zero-order chi connectivity index (χ0) is 28.2. The normalized spacial score (nSPS) is 18.2. The number of aliphatic hydroxyl groups is 1. The van der Waals surface area contributed by atoms with Gasteiger partial charge in [-0.1, -0.05) is 0 Å². The number of carbonyl (C=O) groups excluding carboxylic acids is 2. The molecule has 1 aliphatic carbocycles. The minimum absolute atomic E-state index is 0.00560. The molecule has 0 bridgehead atoms. The number of nitrogens with zero attached hydrogens (tertiary/aromatic N) is 4. The number of amides is 2. The van der Waals surface area contributed by atoms with E-state index in [1.54, 1.807) is 16.6 Å². The highest BCUT2D eigenvalue weighted by molar-refractivity contribution is 6.00. The highest BCUT2D eigenvalue weighted by Crippen LogP contribution is 2.29. The molecule has 206 valence electrons. The molecule has 3 heterocycles. The summed E-state index contributed by atoms with van der Waals surface area (Å²) in [6.45, 7) is 2.32. The van der Waals surface area contributed by atoms with E-state index in [1.807, 2.05) is 12.1 Å². The van der Waals surface area contributed by atoms with Gasteiger partial charge in [-0.05, 0) is 63.8 Å². The number of carbonyl (C=O) groups is 2. The molecular formula is C27H32FN7O4. The van der Waals surface area contributed by atoms with Gasteiger partial charge < -0.3 is 25.8 Å². The topological polar surface area (TPSA) is 154 Å². The van der Waals surface area contributed by atoms with E-state index in [2.05, 4.69) is 36.8 Å². The third-order valence-electron chi connectivity index (χ3n) is 6.84. The number of ether oxygens (including phenoxy) is 1. The van der Waals surface area contributed by atoms with Gasteiger partial charge in [0.05, 0.1) is 59.2 Å². The van der Waals surface area contributed by atoms with E-state index < -0.39 is 23.8 Å². The molecule has 0 spiro atoms. The van der Waals surface area contributed by atoms with Crippen molar-refractivity contribution in [3.05, 3.63) is 47.8 Å². The van der Waals surface area contributed by atoms with Gasteiger partial charge in [0.2, 0.25) is 0 Å². The summed E-state index contributed by atoms with van der Waals surface area (Å²) >= 11 is 0. The first-order valence-electron chi connectivity index (χ1n) is 12.7. The molecule has 3 aromatic heterocycles. The second kappa shape index (κ2) is 11.7. The Kier molecular flexibility index (Phi) is 8.30. The smallest absolute Gasteiger partial charge is 0.407 e. The molecule has 11 nitrogen and oxygen atoms in total. The van der Waals surface area contributed by atoms with Crippen LogP contribution in [0.5, 0.6) is 0 Å². The Morgan fingerprint density at radius 1 is 1.23 bits per heavy atom. The van der Waals surface area contributed by atoms with Gasteiger partial charge in [-0.3, -0.25) is 9.78 Å². The number of fused-ring (bicyclic) bond motifs is 1. The molecule has 1 atom stereocenters. The third kappa shape index (κ3) is 6.61. The van der Waals surface area contributed by atoms with E-state index >= 15 is 0 Å². The Morgan fingerprint density at radius 2 is 1.95 bits per heavy atom. The number of nitrogens with one attached hydrogen (secondary N) is 3. The molecule has 0 radical (unpaired) electrons. The molecule has 0 unspecified atom stereocenters. The molecule has 4 N–H and O–H groups in total. The van der Waals surface area contributed by atoms with Gasteiger partial charge >= 0.3 is 6.09 Å². The summed E-state index contributed by atoms with van der Waals surface area (Å²) in [4.78, 5) is 29.1. The number of halogens is 1. The van der Waals surface area contributed by atoms with Crippen LogP contribution >= 0.6 is 0 Å². The van der Waals surface area contributed by atoms with E-state index in [0.29, 0.717) is 22.6 Å². The summed E-state index contributed by atoms with van der Waals surface area (Å²) in [5.41, 5.74) is 1.53. The number of pyridine rings is 1. The van der Waals surface area contributed by atoms with Crippen molar-refractivity contribution in [2.75, 3.05) is 19.0 Å². The third-order valence-corrected chi connectivity index (χ3v) is 6.84. The summed E-state index contributed by atoms with van der Waals surface area (Å²) in [5, 5.41) is 32.2. The fourth-order valence-corrected chi connectivity index (χ4v) is 4.50. The number of anilines is 1. The Hall–Kier alpha value is -4.24. The van der Waals surface area contributed by atoms with Gasteiger partial charge in [0.15, 0.2) is 0 Å². The van der Waals surface area contributed by atoms with Crippen molar-refractivity contribution in [3.63, 3.8) is 0 Å². The van der Waals surface area contributed by atoms with Crippen LogP contribution in [0.4, 0.5) is 14.9 Å². The van der Waals surface area contributed by atoms with Gasteiger partial charge in [0.1, 0.15) is 12.2 Å². The van der Waals surface area contributed by atoms with Crippen LogP contribution in [-0.2, 0) is 4.74 Å². The van der Waals surface area contributed by atoms with Crippen LogP contribution in [-0.4, -0.2) is 69.2 Å². The predicted octanol–water partition coefficient (Wildman–Crippen LogP) is 3.19. The maximum absolute atomic E-state index is 14.3. The number of methoxy groups -OCH3 is 1. The van der Waals surface area contributed by atoms with Crippen molar-refractivity contribution in [2.45, 2.75) is 63.4 Å². The molecule has 0 aliphatic heterocycles. The number of rotatable bonds is 8. The van der Waals surface area contributed by atoms with Crippen LogP contribution in [0.3, 0.4) is 0 Å². The molecule has 2 amide bonds. The maximum atomic E-state index is 14.3. The SMILES string of the molecule is COC(=O)NC1CCC(Nc2cc(-c3ccc4cc(C#N)cnn34)ncc2C(=O)NC[C@@H](F)C(C)(C)O)CC1. The molecule has 0 saturated heterocycles. The zero-order valence-electron chi connectivity index (χ0n) is 22.1. The number of alkyl halides is 1. The number of hydrogen-bond donors (Lipinski definition) is 4. The van der Waals surface area contributed by atoms with Crippen LogP contribution < -0.4 is 16.0 Å². The van der Waals surface area contributed by atoms with Gasteiger partial charge in [-0.2, -0.15) is 10.4 Å². The van der Waals surface area contributed by atoms with E-state index in [-0.39, 0.29) is 24.2 Å². The highest BCUT2D eigenvalue weighted by Gasteiger charge is 2.28. The summed E-state index contributed by atoms with van der Waals surface area (Å²) < 4.78 is 20.6. The van der Waals surface area contributed by atoms with Gasteiger partial charge in [-0.25, -0.2) is 13.7 Å². The highest BCUT2D eigenvalue weighted by atomic mass is 19.1. The standard InChI is InChI=1S/C27H32FN7O4/c1-27(2,38)24(28)15-31-25(36)20-14-30-22(23-9-8-19-10-16(12-29)13-32-35(19)23)11-21(20)33-17-4-6-18(7-5-17)34-26(37)39-3/h8-11,13-14,17-18,24,38H,4-7,15H2,1-3H3,(H,30,33)(H,31,36)(H,34,37)/t17?,18?,24-/m1/s1. The molecule has 1 saturated carbocycles. The van der Waals surface area contributed by atoms with Crippen molar-refractivity contribution >= 4 is 23.2 Å². The van der Waals surface area contributed by atoms with Crippen molar-refractivity contribution < 1.29 is 23.8 Å². The van der Waals surface area contributed by atoms with E-state index in [1.165, 1.54) is 33.4 Å². The molecular weight excluding hydrogens is 505 g/mol. The Labute approximate surface area is 225 Å². The maximum Gasteiger partial charge on any atom is 0.407 e. The Bertz CT molecular complexity index is 1390. The summed E-state index contributed by atoms with van der Waals surface area (Å²) in [6.07, 6.45) is 3.73. The number of alkyl carbamates (subject to hydrolysis) is 1. The van der Waals surface area contributed by atoms with Crippen LogP contribution in [0.2, 0.25) is 0 Å². The predicted molar refractivity (Wildman–Crippen MR) is 142 cm³/mol. The quantitative estimate of drug-likeness (QED) is 0.342. The lowest BCUT2D eigenvalue weighted by Crippen LogP contribution is -2.42. The van der Waals surface area contributed by atoms with Gasteiger partial charge in [0, 0.05) is 18.3 Å². The second-order valence-electron chi connectivity index (χ2n) is 10.2. The Balaban J connectivity index is 1.59. The van der Waals surface area contributed by atoms with Crippen LogP contribution in [0, 0.1) is 11.3 Å². The minimum atomic E-state index is -1.65. The monoisotopic (exact) mass is 537 g/mol. The van der Waals surface area contributed by atoms with Crippen LogP contribution in [0.1, 0.15) is 55.5 Å². The fraction of sp³-hybridized carbons (Fsp3) is 0.444. The lowest BCUT2D eigenvalue weighted by atomic mass is 9.91. The summed E-state index contributed by atoms with van der Waals surface area (Å²) in [6, 6.07) is 9.22. The van der Waals surface area contributed by atoms with E-state index in [0.717, 1.165) is 31.2 Å². The fourth-order valence-electron chi connectivity index (χ4n) is 4.50. The van der Waals surface area contributed by atoms with Crippen LogP contribution in [0.15, 0.2) is 36.7 Å². The van der Waals surface area contributed by atoms with E-state index in [9.17, 15) is 19.1 Å². The van der Waals surface area contributed by atoms with Crippen molar-refractivity contribution in [2.24, 2.45) is 0 Å². The number of aromatic nitrogens is 3. The van der Waals surface area contributed by atoms with Crippen molar-refractivity contribution in [1.82, 2.24) is 25.2 Å². The molecule has 3 aromatic rings. The van der Waals surface area contributed by atoms with Gasteiger partial charge in [0.25, 0.3) is 5.91 Å². The molecule has 12 heteroatoms. The van der Waals surface area contributed by atoms with Crippen molar-refractivity contribution in [3.8, 4) is 17.5 Å². The molecule has 4 rings (SSSR count). The average molecular weight is 538 g/mol. The lowest BCUT2D eigenvalue weighted by Gasteiger charge is -2.30. The number of nitriles is 1. The molecule has 0 aromatic carbocycles. The van der Waals surface area contributed by atoms with Crippen LogP contribution in [0.25, 0.3) is 16.9 Å². The first-order chi connectivity index (χ1) is 18.6. The summed E-state index contributed by atoms with van der Waals surface area (Å²) in [5.74, 6) is -0.527. The van der Waals surface area contributed by atoms with E-state index in [4.69, 9.17) is 5.26 Å². The zero-order valence-corrected chi connectivity index (χ0v) is 22.1. The lowest BCUT2D eigenvalue weighted by molar-refractivity contribution is -0.00177. The molecule has 39 heavy (non-hydrogen) atoms.